The van der Waals surface area contributed by atoms with Crippen molar-refractivity contribution in [3.05, 3.63) is 16.7 Å². The van der Waals surface area contributed by atoms with E-state index in [9.17, 15) is 4.21 Å². The van der Waals surface area contributed by atoms with Crippen LogP contribution in [0.5, 0.6) is 0 Å². The molecule has 1 aromatic rings. The Morgan fingerprint density at radius 3 is 1.64 bits per heavy atom. The molecule has 0 fully saturated rings. The largest absolute Gasteiger partial charge is 0.398 e. The second kappa shape index (κ2) is 3.59. The second-order valence-electron chi connectivity index (χ2n) is 3.28. The SMILES string of the molecule is Cc1c(N)c(C)c(S(=O)O)c(C)c1N. The standard InChI is InChI=1S/C9H14N2O2S/c1-4-7(10)5(2)9(14(12)13)6(3)8(4)11/h10-11H2,1-3H3,(H,12,13). The molecule has 0 aliphatic rings. The Labute approximate surface area is 85.6 Å². The smallest absolute Gasteiger partial charge is 0.187 e. The lowest BCUT2D eigenvalue weighted by Crippen LogP contribution is -2.07. The highest BCUT2D eigenvalue weighted by Gasteiger charge is 2.16. The minimum Gasteiger partial charge on any atom is -0.398 e. The van der Waals surface area contributed by atoms with Crippen LogP contribution in [0.25, 0.3) is 0 Å². The van der Waals surface area contributed by atoms with Crippen molar-refractivity contribution >= 4 is 22.5 Å². The lowest BCUT2D eigenvalue weighted by Gasteiger charge is -2.15. The van der Waals surface area contributed by atoms with E-state index in [0.29, 0.717) is 27.4 Å². The van der Waals surface area contributed by atoms with Gasteiger partial charge in [0, 0.05) is 11.4 Å². The fourth-order valence-corrected chi connectivity index (χ4v) is 2.24. The molecule has 78 valence electrons. The van der Waals surface area contributed by atoms with Gasteiger partial charge in [0.2, 0.25) is 0 Å². The van der Waals surface area contributed by atoms with Gasteiger partial charge >= 0.3 is 0 Å². The van der Waals surface area contributed by atoms with Crippen molar-refractivity contribution in [2.45, 2.75) is 25.7 Å². The summed E-state index contributed by atoms with van der Waals surface area (Å²) in [6.07, 6.45) is 0. The summed E-state index contributed by atoms with van der Waals surface area (Å²) < 4.78 is 20.1. The molecule has 5 N–H and O–H groups in total. The Kier molecular flexibility index (Phi) is 2.82. The van der Waals surface area contributed by atoms with E-state index < -0.39 is 11.1 Å². The summed E-state index contributed by atoms with van der Waals surface area (Å²) in [5, 5.41) is 0. The molecule has 0 saturated heterocycles. The van der Waals surface area contributed by atoms with Crippen molar-refractivity contribution < 1.29 is 8.76 Å². The Morgan fingerprint density at radius 1 is 1.00 bits per heavy atom. The van der Waals surface area contributed by atoms with Crippen LogP contribution in [0.3, 0.4) is 0 Å². The highest BCUT2D eigenvalue weighted by Crippen LogP contribution is 2.32. The molecule has 4 nitrogen and oxygen atoms in total. The first-order valence-electron chi connectivity index (χ1n) is 4.13. The average molecular weight is 214 g/mol. The minimum atomic E-state index is -2.04. The van der Waals surface area contributed by atoms with Crippen molar-refractivity contribution in [2.75, 3.05) is 11.5 Å². The molecule has 0 radical (unpaired) electrons. The van der Waals surface area contributed by atoms with Gasteiger partial charge in [-0.25, -0.2) is 4.21 Å². The van der Waals surface area contributed by atoms with E-state index in [1.807, 2.05) is 0 Å². The van der Waals surface area contributed by atoms with Crippen LogP contribution >= 0.6 is 0 Å². The van der Waals surface area contributed by atoms with E-state index in [2.05, 4.69) is 0 Å². The van der Waals surface area contributed by atoms with Gasteiger partial charge in [0.1, 0.15) is 0 Å². The topological polar surface area (TPSA) is 89.3 Å². The highest BCUT2D eigenvalue weighted by atomic mass is 32.2. The van der Waals surface area contributed by atoms with Crippen LogP contribution in [0.15, 0.2) is 4.90 Å². The summed E-state index contributed by atoms with van der Waals surface area (Å²) in [7, 11) is 0. The monoisotopic (exact) mass is 214 g/mol. The van der Waals surface area contributed by atoms with Gasteiger partial charge in [-0.2, -0.15) is 0 Å². The maximum atomic E-state index is 11.1. The van der Waals surface area contributed by atoms with Crippen molar-refractivity contribution in [2.24, 2.45) is 0 Å². The molecule has 0 saturated carbocycles. The second-order valence-corrected chi connectivity index (χ2v) is 4.19. The van der Waals surface area contributed by atoms with E-state index in [-0.39, 0.29) is 0 Å². The number of anilines is 2. The summed E-state index contributed by atoms with van der Waals surface area (Å²) in [5.41, 5.74) is 14.6. The zero-order chi connectivity index (χ0) is 11.0. The molecule has 14 heavy (non-hydrogen) atoms. The van der Waals surface area contributed by atoms with Gasteiger partial charge in [0.25, 0.3) is 0 Å². The number of nitrogens with two attached hydrogens (primary N) is 2. The van der Waals surface area contributed by atoms with Gasteiger partial charge in [-0.05, 0) is 37.5 Å². The molecule has 1 atom stereocenters. The van der Waals surface area contributed by atoms with Crippen LogP contribution in [0, 0.1) is 20.8 Å². The Morgan fingerprint density at radius 2 is 1.36 bits per heavy atom. The zero-order valence-electron chi connectivity index (χ0n) is 8.42. The van der Waals surface area contributed by atoms with Crippen LogP contribution in [-0.2, 0) is 11.1 Å². The molecule has 1 rings (SSSR count). The first-order chi connectivity index (χ1) is 6.37. The van der Waals surface area contributed by atoms with E-state index in [1.54, 1.807) is 20.8 Å². The quantitative estimate of drug-likeness (QED) is 0.486. The van der Waals surface area contributed by atoms with Gasteiger partial charge in [-0.15, -0.1) is 0 Å². The number of rotatable bonds is 1. The molecule has 1 aromatic carbocycles. The number of nitrogen functional groups attached to an aromatic ring is 2. The Balaban J connectivity index is 3.68. The summed E-state index contributed by atoms with van der Waals surface area (Å²) in [4.78, 5) is 0.325. The van der Waals surface area contributed by atoms with Crippen LogP contribution in [-0.4, -0.2) is 8.76 Å². The van der Waals surface area contributed by atoms with Crippen molar-refractivity contribution in [3.8, 4) is 0 Å². The third-order valence-electron chi connectivity index (χ3n) is 2.47. The molecule has 0 aromatic heterocycles. The Hall–Kier alpha value is -1.07. The fraction of sp³-hybridized carbons (Fsp3) is 0.333. The molecule has 0 aliphatic heterocycles. The molecule has 0 spiro atoms. The molecule has 5 heteroatoms. The predicted molar refractivity (Wildman–Crippen MR) is 58.5 cm³/mol. The number of hydrogen-bond acceptors (Lipinski definition) is 3. The van der Waals surface area contributed by atoms with E-state index in [1.165, 1.54) is 0 Å². The van der Waals surface area contributed by atoms with Crippen LogP contribution in [0.2, 0.25) is 0 Å². The van der Waals surface area contributed by atoms with Crippen LogP contribution in [0.1, 0.15) is 16.7 Å². The third kappa shape index (κ3) is 1.49. The van der Waals surface area contributed by atoms with Gasteiger partial charge in [-0.1, -0.05) is 0 Å². The molecule has 0 bridgehead atoms. The molecule has 0 heterocycles. The highest BCUT2D eigenvalue weighted by molar-refractivity contribution is 7.79. The molecular formula is C9H14N2O2S. The van der Waals surface area contributed by atoms with Crippen molar-refractivity contribution in [3.63, 3.8) is 0 Å². The van der Waals surface area contributed by atoms with Crippen LogP contribution < -0.4 is 11.5 Å². The van der Waals surface area contributed by atoms with Crippen molar-refractivity contribution in [1.29, 1.82) is 0 Å². The molecular weight excluding hydrogens is 200 g/mol. The van der Waals surface area contributed by atoms with Gasteiger partial charge < -0.3 is 16.0 Å². The van der Waals surface area contributed by atoms with Gasteiger partial charge in [0.15, 0.2) is 11.1 Å². The van der Waals surface area contributed by atoms with Crippen molar-refractivity contribution in [1.82, 2.24) is 0 Å². The van der Waals surface area contributed by atoms with Gasteiger partial charge in [-0.3, -0.25) is 0 Å². The van der Waals surface area contributed by atoms with E-state index in [0.717, 1.165) is 5.56 Å². The Bertz CT molecular complexity index is 387. The van der Waals surface area contributed by atoms with E-state index in [4.69, 9.17) is 16.0 Å². The summed E-state index contributed by atoms with van der Waals surface area (Å²) in [5.74, 6) is 0. The number of hydrogen-bond donors (Lipinski definition) is 3. The summed E-state index contributed by atoms with van der Waals surface area (Å²) >= 11 is -2.04. The minimum absolute atomic E-state index is 0.325. The first kappa shape index (κ1) is 11.0. The lowest BCUT2D eigenvalue weighted by molar-refractivity contribution is 0.563. The number of benzene rings is 1. The molecule has 1 unspecified atom stereocenters. The maximum Gasteiger partial charge on any atom is 0.187 e. The summed E-state index contributed by atoms with van der Waals surface area (Å²) in [6, 6.07) is 0. The first-order valence-corrected chi connectivity index (χ1v) is 5.24. The normalized spacial score (nSPS) is 12.9. The lowest BCUT2D eigenvalue weighted by atomic mass is 10.0. The molecule has 0 amide bonds. The fourth-order valence-electron chi connectivity index (χ4n) is 1.50. The van der Waals surface area contributed by atoms with Gasteiger partial charge in [0.05, 0.1) is 4.90 Å². The summed E-state index contributed by atoms with van der Waals surface area (Å²) in [6.45, 7) is 5.24. The maximum absolute atomic E-state index is 11.1. The molecule has 0 aliphatic carbocycles. The average Bonchev–Trinajstić information content (AvgIpc) is 2.11. The van der Waals surface area contributed by atoms with Crippen LogP contribution in [0.4, 0.5) is 11.4 Å². The van der Waals surface area contributed by atoms with E-state index >= 15 is 0 Å². The predicted octanol–water partition coefficient (Wildman–Crippen LogP) is 1.36. The third-order valence-corrected chi connectivity index (χ3v) is 3.43. The zero-order valence-corrected chi connectivity index (χ0v) is 9.23.